The van der Waals surface area contributed by atoms with E-state index >= 15 is 0 Å². The first kappa shape index (κ1) is 15.7. The van der Waals surface area contributed by atoms with Crippen molar-refractivity contribution in [2.45, 2.75) is 39.3 Å². The molecule has 0 atom stereocenters. The third-order valence-electron chi connectivity index (χ3n) is 3.07. The Morgan fingerprint density at radius 2 is 1.41 bits per heavy atom. The predicted molar refractivity (Wildman–Crippen MR) is 52.4 cm³/mol. The second-order valence-corrected chi connectivity index (χ2v) is 3.97. The number of hydrogen-bond acceptors (Lipinski definition) is 2. The molecule has 0 aliphatic heterocycles. The fourth-order valence-corrected chi connectivity index (χ4v) is 2.04. The highest BCUT2D eigenvalue weighted by atomic mass is 19.4. The first-order chi connectivity index (χ1) is 7.59. The first-order valence-electron chi connectivity index (χ1n) is 5.12. The smallest absolute Gasteiger partial charge is 0.389 e. The first-order valence-corrected chi connectivity index (χ1v) is 5.12. The van der Waals surface area contributed by atoms with Crippen LogP contribution in [0, 0.1) is 11.3 Å². The summed E-state index contributed by atoms with van der Waals surface area (Å²) in [5.74, 6) is -5.50. The molecule has 0 fully saturated rings. The number of carboxylic acid groups (broad SMARTS) is 2. The maximum atomic E-state index is 12.4. The standard InChI is InChI=1S/C10H15F3O4/c1-3-9(4-2,5-10(11,12)13)6(7(14)15)8(16)17/h6H,3-5H2,1-2H3,(H,14,15)(H,16,17). The predicted octanol–water partition coefficient (Wildman–Crippen LogP) is 2.53. The molecule has 100 valence electrons. The van der Waals surface area contributed by atoms with Crippen LogP contribution in [-0.4, -0.2) is 28.3 Å². The lowest BCUT2D eigenvalue weighted by Crippen LogP contribution is -2.43. The summed E-state index contributed by atoms with van der Waals surface area (Å²) < 4.78 is 37.3. The fraction of sp³-hybridized carbons (Fsp3) is 0.800. The molecule has 0 radical (unpaired) electrons. The van der Waals surface area contributed by atoms with E-state index in [2.05, 4.69) is 0 Å². The Balaban J connectivity index is 5.43. The molecule has 0 aliphatic rings. The van der Waals surface area contributed by atoms with Crippen LogP contribution in [0.2, 0.25) is 0 Å². The van der Waals surface area contributed by atoms with Gasteiger partial charge in [-0.05, 0) is 12.8 Å². The van der Waals surface area contributed by atoms with Crippen LogP contribution in [0.3, 0.4) is 0 Å². The van der Waals surface area contributed by atoms with Gasteiger partial charge in [0.1, 0.15) is 0 Å². The van der Waals surface area contributed by atoms with Gasteiger partial charge in [0.15, 0.2) is 5.92 Å². The van der Waals surface area contributed by atoms with Crippen LogP contribution >= 0.6 is 0 Å². The van der Waals surface area contributed by atoms with Gasteiger partial charge in [-0.25, -0.2) is 0 Å². The van der Waals surface area contributed by atoms with Gasteiger partial charge in [-0.3, -0.25) is 9.59 Å². The summed E-state index contributed by atoms with van der Waals surface area (Å²) in [6.45, 7) is 2.74. The van der Waals surface area contributed by atoms with E-state index < -0.39 is 35.9 Å². The number of carboxylic acids is 2. The summed E-state index contributed by atoms with van der Waals surface area (Å²) in [5, 5.41) is 17.6. The molecule has 7 heteroatoms. The molecule has 0 aromatic heterocycles. The maximum Gasteiger partial charge on any atom is 0.389 e. The highest BCUT2D eigenvalue weighted by molar-refractivity contribution is 5.93. The molecule has 0 aromatic rings. The summed E-state index contributed by atoms with van der Waals surface area (Å²) in [6, 6.07) is 0. The lowest BCUT2D eigenvalue weighted by atomic mass is 9.68. The van der Waals surface area contributed by atoms with Gasteiger partial charge in [-0.15, -0.1) is 0 Å². The minimum absolute atomic E-state index is 0.160. The fourth-order valence-electron chi connectivity index (χ4n) is 2.04. The van der Waals surface area contributed by atoms with Gasteiger partial charge in [0.05, 0.1) is 6.42 Å². The molecule has 0 aromatic carbocycles. The van der Waals surface area contributed by atoms with Crippen LogP contribution in [0.5, 0.6) is 0 Å². The van der Waals surface area contributed by atoms with E-state index in [4.69, 9.17) is 10.2 Å². The zero-order valence-electron chi connectivity index (χ0n) is 9.54. The average molecular weight is 256 g/mol. The SMILES string of the molecule is CCC(CC)(CC(F)(F)F)C(C(=O)O)C(=O)O. The monoisotopic (exact) mass is 256 g/mol. The number of hydrogen-bond donors (Lipinski definition) is 2. The molecule has 4 nitrogen and oxygen atoms in total. The number of halogens is 3. The molecule has 2 N–H and O–H groups in total. The third kappa shape index (κ3) is 3.90. The van der Waals surface area contributed by atoms with Crippen LogP contribution in [0.15, 0.2) is 0 Å². The Hall–Kier alpha value is -1.27. The molecule has 17 heavy (non-hydrogen) atoms. The van der Waals surface area contributed by atoms with Crippen molar-refractivity contribution in [1.82, 2.24) is 0 Å². The molecule has 0 saturated heterocycles. The van der Waals surface area contributed by atoms with Crippen molar-refractivity contribution in [2.75, 3.05) is 0 Å². The highest BCUT2D eigenvalue weighted by Crippen LogP contribution is 2.45. The van der Waals surface area contributed by atoms with E-state index in [9.17, 15) is 22.8 Å². The average Bonchev–Trinajstić information content (AvgIpc) is 2.13. The van der Waals surface area contributed by atoms with Crippen molar-refractivity contribution in [3.63, 3.8) is 0 Å². The molecule has 0 saturated carbocycles. The second kappa shape index (κ2) is 5.37. The number of alkyl halides is 3. The van der Waals surface area contributed by atoms with Gasteiger partial charge in [-0.2, -0.15) is 13.2 Å². The molecule has 0 bridgehead atoms. The molecule has 0 rings (SSSR count). The van der Waals surface area contributed by atoms with E-state index in [0.717, 1.165) is 0 Å². The second-order valence-electron chi connectivity index (χ2n) is 3.97. The van der Waals surface area contributed by atoms with Gasteiger partial charge in [0.2, 0.25) is 0 Å². The maximum absolute atomic E-state index is 12.4. The van der Waals surface area contributed by atoms with Crippen molar-refractivity contribution >= 4 is 11.9 Å². The molecular formula is C10H15F3O4. The summed E-state index contributed by atoms with van der Waals surface area (Å²) in [7, 11) is 0. The normalized spacial score (nSPS) is 12.8. The van der Waals surface area contributed by atoms with Crippen LogP contribution in [0.4, 0.5) is 13.2 Å². The summed E-state index contributed by atoms with van der Waals surface area (Å²) in [4.78, 5) is 21.7. The van der Waals surface area contributed by atoms with E-state index in [1.54, 1.807) is 0 Å². The Labute approximate surface area is 96.4 Å². The zero-order valence-corrected chi connectivity index (χ0v) is 9.54. The summed E-state index contributed by atoms with van der Waals surface area (Å²) in [6.07, 6.45) is -6.32. The van der Waals surface area contributed by atoms with Crippen LogP contribution in [0.1, 0.15) is 33.1 Å². The van der Waals surface area contributed by atoms with Crippen molar-refractivity contribution in [3.05, 3.63) is 0 Å². The van der Waals surface area contributed by atoms with Crippen molar-refractivity contribution in [3.8, 4) is 0 Å². The third-order valence-corrected chi connectivity index (χ3v) is 3.07. The Bertz CT molecular complexity index is 280. The quantitative estimate of drug-likeness (QED) is 0.716. The number of rotatable bonds is 6. The molecular weight excluding hydrogens is 241 g/mol. The topological polar surface area (TPSA) is 74.6 Å². The van der Waals surface area contributed by atoms with Crippen LogP contribution in [-0.2, 0) is 9.59 Å². The van der Waals surface area contributed by atoms with Gasteiger partial charge < -0.3 is 10.2 Å². The van der Waals surface area contributed by atoms with Gasteiger partial charge in [0.25, 0.3) is 0 Å². The molecule has 0 aliphatic carbocycles. The lowest BCUT2D eigenvalue weighted by Gasteiger charge is -2.35. The van der Waals surface area contributed by atoms with E-state index in [0.29, 0.717) is 0 Å². The number of aliphatic carboxylic acids is 2. The molecule has 0 amide bonds. The van der Waals surface area contributed by atoms with Crippen molar-refractivity contribution < 1.29 is 33.0 Å². The van der Waals surface area contributed by atoms with Gasteiger partial charge in [0, 0.05) is 5.41 Å². The van der Waals surface area contributed by atoms with E-state index in [-0.39, 0.29) is 12.8 Å². The van der Waals surface area contributed by atoms with Crippen LogP contribution < -0.4 is 0 Å². The molecule has 0 spiro atoms. The minimum Gasteiger partial charge on any atom is -0.481 e. The number of carbonyl (C=O) groups is 2. The molecule has 0 unspecified atom stereocenters. The van der Waals surface area contributed by atoms with Gasteiger partial charge in [-0.1, -0.05) is 13.8 Å². The highest BCUT2D eigenvalue weighted by Gasteiger charge is 2.51. The Morgan fingerprint density at radius 3 is 1.59 bits per heavy atom. The van der Waals surface area contributed by atoms with Crippen molar-refractivity contribution in [2.24, 2.45) is 11.3 Å². The largest absolute Gasteiger partial charge is 0.481 e. The van der Waals surface area contributed by atoms with E-state index in [1.165, 1.54) is 13.8 Å². The zero-order chi connectivity index (χ0) is 13.9. The lowest BCUT2D eigenvalue weighted by molar-refractivity contribution is -0.183. The summed E-state index contributed by atoms with van der Waals surface area (Å²) >= 11 is 0. The van der Waals surface area contributed by atoms with E-state index in [1.807, 2.05) is 0 Å². The van der Waals surface area contributed by atoms with Crippen LogP contribution in [0.25, 0.3) is 0 Å². The Morgan fingerprint density at radius 1 is 1.06 bits per heavy atom. The summed E-state index contributed by atoms with van der Waals surface area (Å²) in [5.41, 5.74) is -1.80. The Kier molecular flexibility index (Phi) is 4.97. The molecule has 0 heterocycles. The van der Waals surface area contributed by atoms with Gasteiger partial charge >= 0.3 is 18.1 Å². The minimum atomic E-state index is -4.59. The van der Waals surface area contributed by atoms with Crippen molar-refractivity contribution in [1.29, 1.82) is 0 Å².